The smallest absolute Gasteiger partial charge is 0.205 e. The molecule has 0 rings (SSSR count). The lowest BCUT2D eigenvalue weighted by Gasteiger charge is -1.96. The standard InChI is InChI=1S/C4H10N2O2/c1-4(5)2-3-6(7)8/h4H,2-3,5H2,1H3. The van der Waals surface area contributed by atoms with Crippen molar-refractivity contribution in [2.75, 3.05) is 6.54 Å². The first-order valence-corrected chi connectivity index (χ1v) is 2.50. The Morgan fingerprint density at radius 3 is 2.50 bits per heavy atom. The summed E-state index contributed by atoms with van der Waals surface area (Å²) in [4.78, 5) is 9.30. The summed E-state index contributed by atoms with van der Waals surface area (Å²) in [6, 6.07) is -0.0552. The Morgan fingerprint density at radius 2 is 2.38 bits per heavy atom. The van der Waals surface area contributed by atoms with E-state index in [0.29, 0.717) is 6.42 Å². The second-order valence-corrected chi connectivity index (χ2v) is 1.82. The van der Waals surface area contributed by atoms with Crippen LogP contribution < -0.4 is 5.73 Å². The predicted molar refractivity (Wildman–Crippen MR) is 30.1 cm³/mol. The maximum absolute atomic E-state index is 9.65. The molecule has 1 unspecified atom stereocenters. The van der Waals surface area contributed by atoms with E-state index in [-0.39, 0.29) is 17.5 Å². The van der Waals surface area contributed by atoms with Gasteiger partial charge in [0.2, 0.25) is 6.54 Å². The quantitative estimate of drug-likeness (QED) is 0.419. The van der Waals surface area contributed by atoms with Gasteiger partial charge in [-0.15, -0.1) is 0 Å². The molecule has 4 nitrogen and oxygen atoms in total. The zero-order valence-electron chi connectivity index (χ0n) is 4.83. The molecule has 0 radical (unpaired) electrons. The van der Waals surface area contributed by atoms with Crippen molar-refractivity contribution in [3.63, 3.8) is 0 Å². The van der Waals surface area contributed by atoms with Crippen molar-refractivity contribution < 1.29 is 4.92 Å². The van der Waals surface area contributed by atoms with E-state index < -0.39 is 0 Å². The number of nitro groups is 1. The van der Waals surface area contributed by atoms with Gasteiger partial charge >= 0.3 is 0 Å². The molecule has 0 aromatic rings. The van der Waals surface area contributed by atoms with Gasteiger partial charge in [-0.05, 0) is 6.92 Å². The fraction of sp³-hybridized carbons (Fsp3) is 1.00. The minimum absolute atomic E-state index is 0.0162. The molecular weight excluding hydrogens is 108 g/mol. The Labute approximate surface area is 47.8 Å². The van der Waals surface area contributed by atoms with E-state index in [1.807, 2.05) is 0 Å². The second kappa shape index (κ2) is 3.37. The molecule has 0 saturated carbocycles. The average Bonchev–Trinajstić information content (AvgIpc) is 1.61. The first-order chi connectivity index (χ1) is 3.63. The van der Waals surface area contributed by atoms with Gasteiger partial charge in [0, 0.05) is 17.4 Å². The van der Waals surface area contributed by atoms with Crippen LogP contribution in [-0.2, 0) is 0 Å². The van der Waals surface area contributed by atoms with Crippen LogP contribution in [0.2, 0.25) is 0 Å². The van der Waals surface area contributed by atoms with Crippen LogP contribution >= 0.6 is 0 Å². The first kappa shape index (κ1) is 7.36. The van der Waals surface area contributed by atoms with E-state index in [0.717, 1.165) is 0 Å². The van der Waals surface area contributed by atoms with Gasteiger partial charge in [0.05, 0.1) is 0 Å². The molecule has 8 heavy (non-hydrogen) atoms. The SMILES string of the molecule is CC(N)CC[N+](=O)[O-]. The summed E-state index contributed by atoms with van der Waals surface area (Å²) in [5.41, 5.74) is 5.24. The average molecular weight is 118 g/mol. The second-order valence-electron chi connectivity index (χ2n) is 1.82. The third kappa shape index (κ3) is 5.36. The van der Waals surface area contributed by atoms with Crippen molar-refractivity contribution in [3.8, 4) is 0 Å². The van der Waals surface area contributed by atoms with Crippen molar-refractivity contribution >= 4 is 0 Å². The van der Waals surface area contributed by atoms with E-state index in [1.54, 1.807) is 6.92 Å². The highest BCUT2D eigenvalue weighted by atomic mass is 16.6. The molecule has 0 aliphatic carbocycles. The van der Waals surface area contributed by atoms with E-state index in [9.17, 15) is 10.1 Å². The maximum atomic E-state index is 9.65. The molecule has 0 heterocycles. The lowest BCUT2D eigenvalue weighted by atomic mass is 10.3. The van der Waals surface area contributed by atoms with Gasteiger partial charge in [0.25, 0.3) is 0 Å². The number of nitrogens with zero attached hydrogens (tertiary/aromatic N) is 1. The highest BCUT2D eigenvalue weighted by Crippen LogP contribution is 1.84. The Hall–Kier alpha value is -0.640. The van der Waals surface area contributed by atoms with Crippen molar-refractivity contribution in [1.29, 1.82) is 0 Å². The molecule has 0 aromatic heterocycles. The fourth-order valence-electron chi connectivity index (χ4n) is 0.309. The molecule has 0 amide bonds. The van der Waals surface area contributed by atoms with E-state index in [4.69, 9.17) is 5.73 Å². The number of rotatable bonds is 3. The summed E-state index contributed by atoms with van der Waals surface area (Å²) in [6.07, 6.45) is 0.465. The number of nitrogens with two attached hydrogens (primary N) is 1. The summed E-state index contributed by atoms with van der Waals surface area (Å²) >= 11 is 0. The van der Waals surface area contributed by atoms with Crippen LogP contribution in [0.1, 0.15) is 13.3 Å². The summed E-state index contributed by atoms with van der Waals surface area (Å²) in [5, 5.41) is 9.65. The first-order valence-electron chi connectivity index (χ1n) is 2.50. The Kier molecular flexibility index (Phi) is 3.10. The molecule has 4 heteroatoms. The van der Waals surface area contributed by atoms with Crippen LogP contribution in [0.5, 0.6) is 0 Å². The highest BCUT2D eigenvalue weighted by molar-refractivity contribution is 4.49. The number of hydrogen-bond acceptors (Lipinski definition) is 3. The van der Waals surface area contributed by atoms with E-state index >= 15 is 0 Å². The van der Waals surface area contributed by atoms with Crippen LogP contribution in [0, 0.1) is 10.1 Å². The molecule has 0 saturated heterocycles. The molecule has 0 spiro atoms. The Morgan fingerprint density at radius 1 is 1.88 bits per heavy atom. The molecule has 0 bridgehead atoms. The summed E-state index contributed by atoms with van der Waals surface area (Å²) in [5.74, 6) is 0. The van der Waals surface area contributed by atoms with Crippen LogP contribution in [0.15, 0.2) is 0 Å². The minimum atomic E-state index is -0.358. The van der Waals surface area contributed by atoms with E-state index in [1.165, 1.54) is 0 Å². The van der Waals surface area contributed by atoms with Gasteiger partial charge in [0.15, 0.2) is 0 Å². The zero-order valence-corrected chi connectivity index (χ0v) is 4.83. The van der Waals surface area contributed by atoms with Gasteiger partial charge < -0.3 is 5.73 Å². The molecule has 2 N–H and O–H groups in total. The molecule has 0 aromatic carbocycles. The zero-order chi connectivity index (χ0) is 6.57. The monoisotopic (exact) mass is 118 g/mol. The van der Waals surface area contributed by atoms with Crippen molar-refractivity contribution in [3.05, 3.63) is 10.1 Å². The van der Waals surface area contributed by atoms with Crippen molar-refractivity contribution in [2.45, 2.75) is 19.4 Å². The van der Waals surface area contributed by atoms with Crippen LogP contribution in [0.25, 0.3) is 0 Å². The molecule has 0 fully saturated rings. The topological polar surface area (TPSA) is 69.2 Å². The third-order valence-electron chi connectivity index (χ3n) is 0.767. The molecule has 48 valence electrons. The molecular formula is C4H10N2O2. The Balaban J connectivity index is 3.05. The van der Waals surface area contributed by atoms with Gasteiger partial charge in [-0.1, -0.05) is 0 Å². The molecule has 0 aliphatic heterocycles. The van der Waals surface area contributed by atoms with Crippen LogP contribution in [0.3, 0.4) is 0 Å². The highest BCUT2D eigenvalue weighted by Gasteiger charge is 1.98. The maximum Gasteiger partial charge on any atom is 0.205 e. The van der Waals surface area contributed by atoms with Gasteiger partial charge in [-0.2, -0.15) is 0 Å². The van der Waals surface area contributed by atoms with E-state index in [2.05, 4.69) is 0 Å². The fourth-order valence-corrected chi connectivity index (χ4v) is 0.309. The molecule has 0 aliphatic rings. The number of hydrogen-bond donors (Lipinski definition) is 1. The predicted octanol–water partition coefficient (Wildman–Crippen LogP) is 0.000400. The Bertz CT molecular complexity index is 82.1. The van der Waals surface area contributed by atoms with Crippen LogP contribution in [0.4, 0.5) is 0 Å². The van der Waals surface area contributed by atoms with Crippen LogP contribution in [-0.4, -0.2) is 17.5 Å². The van der Waals surface area contributed by atoms with Crippen molar-refractivity contribution in [2.24, 2.45) is 5.73 Å². The lowest BCUT2D eigenvalue weighted by molar-refractivity contribution is -0.480. The van der Waals surface area contributed by atoms with Gasteiger partial charge in [-0.25, -0.2) is 0 Å². The lowest BCUT2D eigenvalue weighted by Crippen LogP contribution is -2.18. The largest absolute Gasteiger partial charge is 0.328 e. The summed E-state index contributed by atoms with van der Waals surface area (Å²) in [6.45, 7) is 1.74. The third-order valence-corrected chi connectivity index (χ3v) is 0.767. The van der Waals surface area contributed by atoms with Gasteiger partial charge in [-0.3, -0.25) is 10.1 Å². The minimum Gasteiger partial charge on any atom is -0.328 e. The summed E-state index contributed by atoms with van der Waals surface area (Å²) in [7, 11) is 0. The molecule has 1 atom stereocenters. The normalized spacial score (nSPS) is 13.2. The van der Waals surface area contributed by atoms with Crippen molar-refractivity contribution in [1.82, 2.24) is 0 Å². The van der Waals surface area contributed by atoms with Gasteiger partial charge in [0.1, 0.15) is 0 Å². The summed E-state index contributed by atoms with van der Waals surface area (Å²) < 4.78 is 0.